The molecule has 2 aliphatic rings. The van der Waals surface area contributed by atoms with Gasteiger partial charge in [0.25, 0.3) is 0 Å². The average molecular weight is 453 g/mol. The monoisotopic (exact) mass is 452 g/mol. The van der Waals surface area contributed by atoms with Crippen LogP contribution in [0.25, 0.3) is 0 Å². The molecule has 1 aromatic carbocycles. The standard InChI is InChI=1S/C20H24N2O6S2/c1-3-27-19(24)16-14(10-28-18(23)15-11-29-8-9-30-15)21-20(25)22-17(16)12-4-6-13(26-2)7-5-12/h4-7,15,17H,3,8-11H2,1-2H3,(H2,21,22,25)/t15-,17-/m1/s1. The third kappa shape index (κ3) is 5.42. The number of methoxy groups -OCH3 is 1. The van der Waals surface area contributed by atoms with E-state index in [4.69, 9.17) is 14.2 Å². The normalized spacial score (nSPS) is 21.3. The van der Waals surface area contributed by atoms with Gasteiger partial charge in [0, 0.05) is 17.3 Å². The minimum atomic E-state index is -0.739. The van der Waals surface area contributed by atoms with Crippen LogP contribution < -0.4 is 15.4 Å². The van der Waals surface area contributed by atoms with Gasteiger partial charge in [-0.05, 0) is 24.6 Å². The van der Waals surface area contributed by atoms with Crippen molar-refractivity contribution < 1.29 is 28.6 Å². The molecule has 162 valence electrons. The summed E-state index contributed by atoms with van der Waals surface area (Å²) in [7, 11) is 1.56. The van der Waals surface area contributed by atoms with Crippen LogP contribution in [0.15, 0.2) is 35.5 Å². The van der Waals surface area contributed by atoms with Crippen LogP contribution in [0, 0.1) is 0 Å². The summed E-state index contributed by atoms with van der Waals surface area (Å²) in [4.78, 5) is 37.4. The van der Waals surface area contributed by atoms with Crippen LogP contribution in [0.5, 0.6) is 5.75 Å². The number of rotatable bonds is 7. The molecule has 10 heteroatoms. The van der Waals surface area contributed by atoms with E-state index >= 15 is 0 Å². The van der Waals surface area contributed by atoms with Crippen LogP contribution in [0.1, 0.15) is 18.5 Å². The second-order valence-corrected chi connectivity index (χ2v) is 8.92. The fourth-order valence-corrected chi connectivity index (χ4v) is 5.62. The second-order valence-electron chi connectivity index (χ2n) is 6.46. The molecule has 2 heterocycles. The lowest BCUT2D eigenvalue weighted by molar-refractivity contribution is -0.142. The minimum Gasteiger partial charge on any atom is -0.497 e. The number of urea groups is 1. The first-order valence-electron chi connectivity index (χ1n) is 9.51. The molecule has 2 aliphatic heterocycles. The fraction of sp³-hybridized carbons (Fsp3) is 0.450. The van der Waals surface area contributed by atoms with Gasteiger partial charge < -0.3 is 24.8 Å². The molecule has 2 N–H and O–H groups in total. The molecule has 3 rings (SSSR count). The van der Waals surface area contributed by atoms with Crippen LogP contribution in [-0.4, -0.2) is 60.8 Å². The Labute approximate surface area is 183 Å². The van der Waals surface area contributed by atoms with Crippen molar-refractivity contribution in [3.8, 4) is 5.75 Å². The van der Waals surface area contributed by atoms with Crippen LogP contribution in [0.2, 0.25) is 0 Å². The lowest BCUT2D eigenvalue weighted by Crippen LogP contribution is -2.47. The van der Waals surface area contributed by atoms with Gasteiger partial charge in [-0.3, -0.25) is 4.79 Å². The third-order valence-electron chi connectivity index (χ3n) is 4.54. The van der Waals surface area contributed by atoms with Crippen molar-refractivity contribution >= 4 is 41.5 Å². The predicted octanol–water partition coefficient (Wildman–Crippen LogP) is 2.26. The van der Waals surface area contributed by atoms with Crippen molar-refractivity contribution in [1.29, 1.82) is 0 Å². The Morgan fingerprint density at radius 3 is 2.57 bits per heavy atom. The van der Waals surface area contributed by atoms with E-state index in [9.17, 15) is 14.4 Å². The second kappa shape index (κ2) is 10.6. The maximum Gasteiger partial charge on any atom is 0.338 e. The summed E-state index contributed by atoms with van der Waals surface area (Å²) < 4.78 is 15.8. The molecule has 1 aromatic rings. The summed E-state index contributed by atoms with van der Waals surface area (Å²) in [6.07, 6.45) is 0. The average Bonchev–Trinajstić information content (AvgIpc) is 2.77. The van der Waals surface area contributed by atoms with Crippen LogP contribution >= 0.6 is 23.5 Å². The van der Waals surface area contributed by atoms with Crippen molar-refractivity contribution in [2.24, 2.45) is 0 Å². The molecule has 30 heavy (non-hydrogen) atoms. The Bertz CT molecular complexity index is 821. The van der Waals surface area contributed by atoms with Gasteiger partial charge in [0.1, 0.15) is 17.6 Å². The maximum atomic E-state index is 12.7. The number of nitrogens with one attached hydrogen (secondary N) is 2. The summed E-state index contributed by atoms with van der Waals surface area (Å²) >= 11 is 3.27. The minimum absolute atomic E-state index is 0.175. The molecule has 1 saturated heterocycles. The van der Waals surface area contributed by atoms with Gasteiger partial charge in [0.05, 0.1) is 31.0 Å². The molecular formula is C20H24N2O6S2. The van der Waals surface area contributed by atoms with Gasteiger partial charge >= 0.3 is 18.0 Å². The van der Waals surface area contributed by atoms with Gasteiger partial charge in [0.15, 0.2) is 0 Å². The predicted molar refractivity (Wildman–Crippen MR) is 116 cm³/mol. The van der Waals surface area contributed by atoms with Crippen LogP contribution in [0.4, 0.5) is 4.79 Å². The molecule has 1 fully saturated rings. The zero-order valence-corrected chi connectivity index (χ0v) is 18.4. The summed E-state index contributed by atoms with van der Waals surface area (Å²) in [5, 5.41) is 5.10. The zero-order valence-electron chi connectivity index (χ0n) is 16.8. The van der Waals surface area contributed by atoms with Crippen molar-refractivity contribution in [2.45, 2.75) is 18.2 Å². The highest BCUT2D eigenvalue weighted by Crippen LogP contribution is 2.30. The molecule has 8 nitrogen and oxygen atoms in total. The zero-order chi connectivity index (χ0) is 21.5. The quantitative estimate of drug-likeness (QED) is 0.608. The molecular weight excluding hydrogens is 428 g/mol. The lowest BCUT2D eigenvalue weighted by Gasteiger charge is -2.29. The fourth-order valence-electron chi connectivity index (χ4n) is 3.09. The van der Waals surface area contributed by atoms with E-state index in [1.165, 1.54) is 0 Å². The largest absolute Gasteiger partial charge is 0.497 e. The van der Waals surface area contributed by atoms with E-state index in [1.807, 2.05) is 0 Å². The Kier molecular flexibility index (Phi) is 7.92. The van der Waals surface area contributed by atoms with Crippen molar-refractivity contribution in [3.05, 3.63) is 41.1 Å². The molecule has 0 radical (unpaired) electrons. The molecule has 0 unspecified atom stereocenters. The number of hydrogen-bond donors (Lipinski definition) is 2. The summed E-state index contributed by atoms with van der Waals surface area (Å²) in [5.74, 6) is 2.31. The number of carbonyl (C=O) groups is 3. The van der Waals surface area contributed by atoms with Gasteiger partial charge in [-0.2, -0.15) is 11.8 Å². The van der Waals surface area contributed by atoms with Gasteiger partial charge in [0.2, 0.25) is 0 Å². The number of hydrogen-bond acceptors (Lipinski definition) is 8. The Morgan fingerprint density at radius 1 is 1.17 bits per heavy atom. The molecule has 0 spiro atoms. The van der Waals surface area contributed by atoms with E-state index in [0.29, 0.717) is 17.1 Å². The number of carbonyl (C=O) groups excluding carboxylic acids is 3. The highest BCUT2D eigenvalue weighted by molar-refractivity contribution is 8.07. The molecule has 0 saturated carbocycles. The number of thioether (sulfide) groups is 2. The van der Waals surface area contributed by atoms with Crippen LogP contribution in [-0.2, 0) is 19.1 Å². The van der Waals surface area contributed by atoms with Crippen molar-refractivity contribution in [1.82, 2.24) is 10.6 Å². The third-order valence-corrected chi connectivity index (χ3v) is 7.27. The smallest absolute Gasteiger partial charge is 0.338 e. The van der Waals surface area contributed by atoms with E-state index < -0.39 is 18.0 Å². The first kappa shape index (κ1) is 22.4. The SMILES string of the molecule is CCOC(=O)C1=C(COC(=O)[C@H]2CSCCS2)NC(=O)N[C@@H]1c1ccc(OC)cc1. The Morgan fingerprint density at radius 2 is 1.93 bits per heavy atom. The van der Waals surface area contributed by atoms with Gasteiger partial charge in [-0.25, -0.2) is 9.59 Å². The molecule has 0 aromatic heterocycles. The van der Waals surface area contributed by atoms with Gasteiger partial charge in [-0.1, -0.05) is 12.1 Å². The summed E-state index contributed by atoms with van der Waals surface area (Å²) in [6, 6.07) is 5.77. The van der Waals surface area contributed by atoms with Crippen LogP contribution in [0.3, 0.4) is 0 Å². The summed E-state index contributed by atoms with van der Waals surface area (Å²) in [6.45, 7) is 1.66. The topological polar surface area (TPSA) is 103 Å². The lowest BCUT2D eigenvalue weighted by atomic mass is 9.95. The number of ether oxygens (including phenoxy) is 3. The number of esters is 2. The highest BCUT2D eigenvalue weighted by Gasteiger charge is 2.34. The first-order valence-corrected chi connectivity index (χ1v) is 11.7. The first-order chi connectivity index (χ1) is 14.5. The molecule has 0 aliphatic carbocycles. The van der Waals surface area contributed by atoms with E-state index in [1.54, 1.807) is 61.8 Å². The molecule has 0 bridgehead atoms. The van der Waals surface area contributed by atoms with E-state index in [-0.39, 0.29) is 35.7 Å². The number of amides is 2. The van der Waals surface area contributed by atoms with E-state index in [0.717, 1.165) is 11.5 Å². The highest BCUT2D eigenvalue weighted by atomic mass is 32.2. The molecule has 2 amide bonds. The van der Waals surface area contributed by atoms with E-state index in [2.05, 4.69) is 10.6 Å². The molecule has 2 atom stereocenters. The Balaban J connectivity index is 1.86. The maximum absolute atomic E-state index is 12.7. The summed E-state index contributed by atoms with van der Waals surface area (Å²) in [5.41, 5.74) is 1.11. The van der Waals surface area contributed by atoms with Crippen molar-refractivity contribution in [2.75, 3.05) is 37.6 Å². The number of benzene rings is 1. The van der Waals surface area contributed by atoms with Crippen molar-refractivity contribution in [3.63, 3.8) is 0 Å². The van der Waals surface area contributed by atoms with Gasteiger partial charge in [-0.15, -0.1) is 11.8 Å². The Hall–Kier alpha value is -2.33.